The van der Waals surface area contributed by atoms with E-state index in [-0.39, 0.29) is 18.4 Å². The van der Waals surface area contributed by atoms with Crippen molar-refractivity contribution >= 4 is 29.0 Å². The molecule has 10 nitrogen and oxygen atoms in total. The predicted octanol–water partition coefficient (Wildman–Crippen LogP) is 2.43. The number of benzodiazepines with no additional fused rings is 1. The highest BCUT2D eigenvalue weighted by Crippen LogP contribution is 2.25. The minimum Gasteiger partial charge on any atom is -0.418 e. The van der Waals surface area contributed by atoms with Gasteiger partial charge in [0.05, 0.1) is 18.2 Å². The van der Waals surface area contributed by atoms with Crippen molar-refractivity contribution < 1.29 is 18.8 Å². The molecule has 2 heterocycles. The molecule has 2 amide bonds. The maximum Gasteiger partial charge on any atom is 0.286 e. The SMILES string of the molecule is CC1=NC(N)C(=O)N(CC(=O)NC(C(=O)c2nnc(Cc3cccc(C)c3)o2)C(C)C)c2ccccc21. The summed E-state index contributed by atoms with van der Waals surface area (Å²) in [4.78, 5) is 44.8. The number of aliphatic imine (C=N–C) groups is 1. The number of benzene rings is 2. The Labute approximate surface area is 215 Å². The van der Waals surface area contributed by atoms with Crippen LogP contribution in [0, 0.1) is 12.8 Å². The number of para-hydroxylation sites is 1. The van der Waals surface area contributed by atoms with Crippen molar-refractivity contribution in [2.75, 3.05) is 11.4 Å². The first kappa shape index (κ1) is 25.9. The molecule has 0 saturated carbocycles. The van der Waals surface area contributed by atoms with E-state index in [1.165, 1.54) is 4.90 Å². The number of ketones is 1. The van der Waals surface area contributed by atoms with Crippen LogP contribution in [-0.2, 0) is 16.0 Å². The topological polar surface area (TPSA) is 144 Å². The van der Waals surface area contributed by atoms with Crippen LogP contribution in [-0.4, -0.2) is 52.3 Å². The number of nitrogens with one attached hydrogen (secondary N) is 1. The Morgan fingerprint density at radius 3 is 2.59 bits per heavy atom. The Balaban J connectivity index is 1.49. The van der Waals surface area contributed by atoms with Crippen molar-refractivity contribution in [1.82, 2.24) is 15.5 Å². The number of nitrogens with two attached hydrogens (primary N) is 1. The molecule has 0 fully saturated rings. The third-order valence-corrected chi connectivity index (χ3v) is 6.12. The van der Waals surface area contributed by atoms with Crippen molar-refractivity contribution in [2.45, 2.75) is 46.3 Å². The molecular weight excluding hydrogens is 472 g/mol. The van der Waals surface area contributed by atoms with E-state index < -0.39 is 29.8 Å². The highest BCUT2D eigenvalue weighted by molar-refractivity contribution is 6.13. The summed E-state index contributed by atoms with van der Waals surface area (Å²) in [7, 11) is 0. The minimum atomic E-state index is -1.13. The summed E-state index contributed by atoms with van der Waals surface area (Å²) < 4.78 is 5.64. The summed E-state index contributed by atoms with van der Waals surface area (Å²) in [6.07, 6.45) is -0.744. The lowest BCUT2D eigenvalue weighted by Crippen LogP contribution is -2.51. The van der Waals surface area contributed by atoms with Gasteiger partial charge >= 0.3 is 0 Å². The van der Waals surface area contributed by atoms with Crippen LogP contribution in [0.15, 0.2) is 57.9 Å². The van der Waals surface area contributed by atoms with E-state index in [0.29, 0.717) is 29.3 Å². The minimum absolute atomic E-state index is 0.177. The summed E-state index contributed by atoms with van der Waals surface area (Å²) in [5.74, 6) is -1.68. The van der Waals surface area contributed by atoms with Gasteiger partial charge in [0, 0.05) is 11.3 Å². The lowest BCUT2D eigenvalue weighted by Gasteiger charge is -2.25. The summed E-state index contributed by atoms with van der Waals surface area (Å²) >= 11 is 0. The maximum atomic E-state index is 13.2. The fraction of sp³-hybridized carbons (Fsp3) is 0.333. The molecule has 1 aliphatic rings. The normalized spacial score (nSPS) is 16.2. The molecule has 37 heavy (non-hydrogen) atoms. The number of carbonyl (C=O) groups is 3. The van der Waals surface area contributed by atoms with Gasteiger partial charge in [-0.1, -0.05) is 61.9 Å². The number of fused-ring (bicyclic) bond motifs is 1. The number of aryl methyl sites for hydroxylation is 1. The molecule has 1 aromatic heterocycles. The molecule has 3 aromatic rings. The smallest absolute Gasteiger partial charge is 0.286 e. The van der Waals surface area contributed by atoms with Gasteiger partial charge in [0.1, 0.15) is 6.54 Å². The quantitative estimate of drug-likeness (QED) is 0.450. The van der Waals surface area contributed by atoms with Crippen molar-refractivity contribution in [2.24, 2.45) is 16.6 Å². The molecule has 2 atom stereocenters. The Morgan fingerprint density at radius 1 is 1.11 bits per heavy atom. The molecular formula is C27H30N6O4. The molecule has 4 rings (SSSR count). The van der Waals surface area contributed by atoms with Gasteiger partial charge in [-0.25, -0.2) is 0 Å². The third kappa shape index (κ3) is 5.80. The molecule has 2 aromatic carbocycles. The van der Waals surface area contributed by atoms with Crippen LogP contribution in [0.3, 0.4) is 0 Å². The van der Waals surface area contributed by atoms with Gasteiger partial charge in [-0.2, -0.15) is 0 Å². The van der Waals surface area contributed by atoms with E-state index in [0.717, 1.165) is 11.1 Å². The van der Waals surface area contributed by atoms with E-state index in [1.807, 2.05) is 43.3 Å². The van der Waals surface area contributed by atoms with Gasteiger partial charge < -0.3 is 15.5 Å². The zero-order valence-electron chi connectivity index (χ0n) is 21.3. The van der Waals surface area contributed by atoms with E-state index in [2.05, 4.69) is 20.5 Å². The van der Waals surface area contributed by atoms with Crippen molar-refractivity contribution in [3.63, 3.8) is 0 Å². The van der Waals surface area contributed by atoms with Crippen LogP contribution in [0.5, 0.6) is 0 Å². The van der Waals surface area contributed by atoms with Crippen molar-refractivity contribution in [3.8, 4) is 0 Å². The first-order valence-electron chi connectivity index (χ1n) is 12.1. The van der Waals surface area contributed by atoms with Crippen LogP contribution < -0.4 is 16.0 Å². The van der Waals surface area contributed by atoms with E-state index in [1.54, 1.807) is 32.9 Å². The van der Waals surface area contributed by atoms with Gasteiger partial charge in [0.15, 0.2) is 6.17 Å². The molecule has 0 spiro atoms. The molecule has 2 unspecified atom stereocenters. The number of Topliss-reactive ketones (excluding diaryl/α,β-unsaturated/α-hetero) is 1. The summed E-state index contributed by atoms with van der Waals surface area (Å²) in [6, 6.07) is 14.1. The second kappa shape index (κ2) is 10.8. The molecule has 10 heteroatoms. The van der Waals surface area contributed by atoms with Gasteiger partial charge in [-0.3, -0.25) is 24.3 Å². The zero-order chi connectivity index (χ0) is 26.7. The molecule has 0 aliphatic carbocycles. The molecule has 1 aliphatic heterocycles. The summed E-state index contributed by atoms with van der Waals surface area (Å²) in [6.45, 7) is 7.02. The molecule has 0 saturated heterocycles. The number of carbonyl (C=O) groups excluding carboxylic acids is 3. The van der Waals surface area contributed by atoms with Gasteiger partial charge in [-0.15, -0.1) is 10.2 Å². The predicted molar refractivity (Wildman–Crippen MR) is 138 cm³/mol. The Hall–Kier alpha value is -4.18. The number of hydrogen-bond acceptors (Lipinski definition) is 8. The first-order valence-corrected chi connectivity index (χ1v) is 12.1. The van der Waals surface area contributed by atoms with E-state index >= 15 is 0 Å². The number of rotatable bonds is 8. The van der Waals surface area contributed by atoms with Crippen molar-refractivity contribution in [3.05, 3.63) is 77.0 Å². The van der Waals surface area contributed by atoms with Gasteiger partial charge in [0.25, 0.3) is 11.8 Å². The highest BCUT2D eigenvalue weighted by Gasteiger charge is 2.33. The fourth-order valence-electron chi connectivity index (χ4n) is 4.24. The summed E-state index contributed by atoms with van der Waals surface area (Å²) in [5.41, 5.74) is 9.89. The van der Waals surface area contributed by atoms with Crippen LogP contribution in [0.1, 0.15) is 54.0 Å². The van der Waals surface area contributed by atoms with Crippen molar-refractivity contribution in [1.29, 1.82) is 0 Å². The highest BCUT2D eigenvalue weighted by atomic mass is 16.4. The second-order valence-corrected chi connectivity index (χ2v) is 9.42. The first-order chi connectivity index (χ1) is 17.6. The van der Waals surface area contributed by atoms with Gasteiger partial charge in [0.2, 0.25) is 17.6 Å². The maximum absolute atomic E-state index is 13.2. The average Bonchev–Trinajstić information content (AvgIpc) is 3.30. The monoisotopic (exact) mass is 502 g/mol. The van der Waals surface area contributed by atoms with E-state index in [4.69, 9.17) is 10.2 Å². The Kier molecular flexibility index (Phi) is 7.58. The fourth-order valence-corrected chi connectivity index (χ4v) is 4.24. The number of aromatic nitrogens is 2. The molecule has 3 N–H and O–H groups in total. The lowest BCUT2D eigenvalue weighted by atomic mass is 9.99. The third-order valence-electron chi connectivity index (χ3n) is 6.12. The number of amides is 2. The zero-order valence-corrected chi connectivity index (χ0v) is 21.3. The largest absolute Gasteiger partial charge is 0.418 e. The van der Waals surface area contributed by atoms with Crippen LogP contribution in [0.4, 0.5) is 5.69 Å². The van der Waals surface area contributed by atoms with Crippen LogP contribution in [0.2, 0.25) is 0 Å². The molecule has 0 bridgehead atoms. The van der Waals surface area contributed by atoms with Crippen LogP contribution >= 0.6 is 0 Å². The Bertz CT molecular complexity index is 1360. The van der Waals surface area contributed by atoms with E-state index in [9.17, 15) is 14.4 Å². The lowest BCUT2D eigenvalue weighted by molar-refractivity contribution is -0.124. The average molecular weight is 503 g/mol. The number of nitrogens with zero attached hydrogens (tertiary/aromatic N) is 4. The van der Waals surface area contributed by atoms with Gasteiger partial charge in [-0.05, 0) is 31.4 Å². The molecule has 192 valence electrons. The number of anilines is 1. The van der Waals surface area contributed by atoms with Crippen LogP contribution in [0.25, 0.3) is 0 Å². The standard InChI is InChI=1S/C27H30N6O4/c1-15(2)23(24(35)26-32-31-22(37-26)13-18-9-7-8-16(3)12-18)30-21(34)14-33-20-11-6-5-10-19(20)17(4)29-25(28)27(33)36/h5-12,15,23,25H,13-14,28H2,1-4H3,(H,30,34). The Morgan fingerprint density at radius 2 is 1.86 bits per heavy atom. The second-order valence-electron chi connectivity index (χ2n) is 9.42. The molecule has 0 radical (unpaired) electrons. The number of hydrogen-bond donors (Lipinski definition) is 2. The summed E-state index contributed by atoms with van der Waals surface area (Å²) in [5, 5.41) is 10.7.